The summed E-state index contributed by atoms with van der Waals surface area (Å²) in [5.74, 6) is 0.0343. The van der Waals surface area contributed by atoms with Gasteiger partial charge in [-0.15, -0.1) is 0 Å². The molecule has 4 aromatic rings. The molecule has 0 aliphatic carbocycles. The summed E-state index contributed by atoms with van der Waals surface area (Å²) in [5, 5.41) is 16.8. The minimum absolute atomic E-state index is 0.0348. The van der Waals surface area contributed by atoms with Crippen molar-refractivity contribution < 1.29 is 18.9 Å². The van der Waals surface area contributed by atoms with Gasteiger partial charge in [-0.2, -0.15) is 0 Å². The maximum atomic E-state index is 12.2. The van der Waals surface area contributed by atoms with E-state index >= 15 is 0 Å². The van der Waals surface area contributed by atoms with Crippen molar-refractivity contribution in [3.05, 3.63) is 99.6 Å². The molecule has 0 aliphatic heterocycles. The average Bonchev–Trinajstić information content (AvgIpc) is 3.22. The Balaban J connectivity index is 1.35. The number of nitrogens with one attached hydrogen (secondary N) is 2. The number of hydrogen-bond acceptors (Lipinski definition) is 5. The van der Waals surface area contributed by atoms with Crippen molar-refractivity contribution in [2.45, 2.75) is 13.5 Å². The summed E-state index contributed by atoms with van der Waals surface area (Å²) in [6, 6.07) is 20.6. The first-order valence-electron chi connectivity index (χ1n) is 9.83. The first-order valence-corrected chi connectivity index (χ1v) is 9.83. The zero-order valence-electron chi connectivity index (χ0n) is 17.1. The van der Waals surface area contributed by atoms with Crippen molar-refractivity contribution in [2.75, 3.05) is 0 Å². The smallest absolute Gasteiger partial charge is 0.321 e. The Kier molecular flexibility index (Phi) is 5.67. The lowest BCUT2D eigenvalue weighted by Gasteiger charge is -2.08. The van der Waals surface area contributed by atoms with Crippen molar-refractivity contribution in [3.8, 4) is 11.3 Å². The number of imide groups is 1. The molecule has 0 spiro atoms. The van der Waals surface area contributed by atoms with Gasteiger partial charge in [0.2, 0.25) is 0 Å². The minimum atomic E-state index is -0.717. The number of nitro groups is 1. The van der Waals surface area contributed by atoms with Crippen molar-refractivity contribution >= 4 is 28.6 Å². The Morgan fingerprint density at radius 1 is 1.00 bits per heavy atom. The van der Waals surface area contributed by atoms with E-state index in [0.717, 1.165) is 33.9 Å². The molecule has 0 unspecified atom stereocenters. The molecular formula is C24H19N3O5. The van der Waals surface area contributed by atoms with E-state index in [1.165, 1.54) is 12.1 Å². The largest absolute Gasteiger partial charge is 0.456 e. The number of carbonyl (C=O) groups is 2. The highest BCUT2D eigenvalue weighted by Gasteiger charge is 2.16. The molecule has 0 bridgehead atoms. The molecule has 4 rings (SSSR count). The minimum Gasteiger partial charge on any atom is -0.456 e. The highest BCUT2D eigenvalue weighted by Crippen LogP contribution is 2.27. The standard InChI is InChI=1S/C24H19N3O5/c1-15-6-9-19(12-20(15)27(30)31)23(28)26-24(29)25-14-16-7-10-17(11-8-16)22-13-18-4-2-3-5-21(18)32-22/h2-13H,14H2,1H3,(H2,25,26,28,29). The molecule has 2 N–H and O–H groups in total. The Hall–Kier alpha value is -4.46. The summed E-state index contributed by atoms with van der Waals surface area (Å²) in [4.78, 5) is 34.8. The third-order valence-electron chi connectivity index (χ3n) is 5.01. The summed E-state index contributed by atoms with van der Waals surface area (Å²) in [6.45, 7) is 1.78. The van der Waals surface area contributed by atoms with Gasteiger partial charge in [0.25, 0.3) is 11.6 Å². The molecule has 1 heterocycles. The molecule has 32 heavy (non-hydrogen) atoms. The van der Waals surface area contributed by atoms with Gasteiger partial charge in [-0.05, 0) is 30.7 Å². The molecule has 0 radical (unpaired) electrons. The first kappa shape index (κ1) is 20.8. The van der Waals surface area contributed by atoms with E-state index in [0.29, 0.717) is 5.56 Å². The molecule has 8 heteroatoms. The highest BCUT2D eigenvalue weighted by atomic mass is 16.6. The van der Waals surface area contributed by atoms with Crippen LogP contribution in [-0.2, 0) is 6.54 Å². The molecule has 0 fully saturated rings. The molecule has 0 atom stereocenters. The topological polar surface area (TPSA) is 114 Å². The maximum absolute atomic E-state index is 12.2. The third-order valence-corrected chi connectivity index (χ3v) is 5.01. The number of nitrogens with zero attached hydrogens (tertiary/aromatic N) is 1. The van der Waals surface area contributed by atoms with Gasteiger partial charge in [-0.3, -0.25) is 20.2 Å². The van der Waals surface area contributed by atoms with E-state index < -0.39 is 16.9 Å². The van der Waals surface area contributed by atoms with Crippen LogP contribution in [-0.4, -0.2) is 16.9 Å². The van der Waals surface area contributed by atoms with E-state index in [-0.39, 0.29) is 17.8 Å². The van der Waals surface area contributed by atoms with E-state index in [9.17, 15) is 19.7 Å². The van der Waals surface area contributed by atoms with E-state index in [2.05, 4.69) is 10.6 Å². The van der Waals surface area contributed by atoms with Gasteiger partial charge >= 0.3 is 6.03 Å². The van der Waals surface area contributed by atoms with Gasteiger partial charge in [-0.1, -0.05) is 48.5 Å². The number of amides is 3. The molecule has 160 valence electrons. The number of benzene rings is 3. The number of para-hydroxylation sites is 1. The average molecular weight is 429 g/mol. The summed E-state index contributed by atoms with van der Waals surface area (Å²) in [5.41, 5.74) is 2.84. The summed E-state index contributed by atoms with van der Waals surface area (Å²) in [7, 11) is 0. The van der Waals surface area contributed by atoms with E-state index in [1.54, 1.807) is 6.92 Å². The monoisotopic (exact) mass is 429 g/mol. The fourth-order valence-electron chi connectivity index (χ4n) is 3.26. The number of rotatable bonds is 5. The van der Waals surface area contributed by atoms with E-state index in [4.69, 9.17) is 4.42 Å². The van der Waals surface area contributed by atoms with Gasteiger partial charge in [0, 0.05) is 34.7 Å². The van der Waals surface area contributed by atoms with Crippen LogP contribution in [0.2, 0.25) is 0 Å². The second-order valence-corrected chi connectivity index (χ2v) is 7.24. The molecule has 0 aliphatic rings. The quantitative estimate of drug-likeness (QED) is 0.344. The maximum Gasteiger partial charge on any atom is 0.321 e. The van der Waals surface area contributed by atoms with Gasteiger partial charge in [0.15, 0.2) is 0 Å². The van der Waals surface area contributed by atoms with E-state index in [1.807, 2.05) is 54.6 Å². The number of aryl methyl sites for hydroxylation is 1. The lowest BCUT2D eigenvalue weighted by molar-refractivity contribution is -0.385. The molecule has 0 saturated heterocycles. The van der Waals surface area contributed by atoms with Gasteiger partial charge in [0.1, 0.15) is 11.3 Å². The second kappa shape index (κ2) is 8.73. The predicted molar refractivity (Wildman–Crippen MR) is 119 cm³/mol. The van der Waals surface area contributed by atoms with Crippen LogP contribution in [0.25, 0.3) is 22.3 Å². The Bertz CT molecular complexity index is 1290. The number of hydrogen-bond donors (Lipinski definition) is 2. The van der Waals surface area contributed by atoms with Crippen LogP contribution in [0.15, 0.2) is 77.2 Å². The molecular weight excluding hydrogens is 410 g/mol. The van der Waals surface area contributed by atoms with Crippen molar-refractivity contribution in [3.63, 3.8) is 0 Å². The van der Waals surface area contributed by atoms with Crippen LogP contribution in [0.5, 0.6) is 0 Å². The van der Waals surface area contributed by atoms with Gasteiger partial charge in [0.05, 0.1) is 4.92 Å². The Morgan fingerprint density at radius 3 is 2.47 bits per heavy atom. The van der Waals surface area contributed by atoms with Gasteiger partial charge < -0.3 is 9.73 Å². The number of fused-ring (bicyclic) bond motifs is 1. The number of carbonyl (C=O) groups excluding carboxylic acids is 2. The summed E-state index contributed by atoms with van der Waals surface area (Å²) < 4.78 is 5.85. The fourth-order valence-corrected chi connectivity index (χ4v) is 3.26. The van der Waals surface area contributed by atoms with Crippen LogP contribution < -0.4 is 10.6 Å². The molecule has 1 aromatic heterocycles. The zero-order chi connectivity index (χ0) is 22.7. The number of nitro benzene ring substituents is 1. The number of furan rings is 1. The molecule has 0 saturated carbocycles. The number of urea groups is 1. The Labute approximate surface area is 183 Å². The molecule has 3 amide bonds. The molecule has 8 nitrogen and oxygen atoms in total. The van der Waals surface area contributed by atoms with Gasteiger partial charge in [-0.25, -0.2) is 4.79 Å². The Morgan fingerprint density at radius 2 is 1.75 bits per heavy atom. The lowest BCUT2D eigenvalue weighted by atomic mass is 10.1. The predicted octanol–water partition coefficient (Wildman–Crippen LogP) is 4.96. The normalized spacial score (nSPS) is 10.7. The van der Waals surface area contributed by atoms with Crippen LogP contribution in [0, 0.1) is 17.0 Å². The summed E-state index contributed by atoms with van der Waals surface area (Å²) >= 11 is 0. The highest BCUT2D eigenvalue weighted by molar-refractivity contribution is 6.04. The van der Waals surface area contributed by atoms with Crippen molar-refractivity contribution in [1.82, 2.24) is 10.6 Å². The third kappa shape index (κ3) is 4.49. The van der Waals surface area contributed by atoms with Crippen molar-refractivity contribution in [1.29, 1.82) is 0 Å². The summed E-state index contributed by atoms with van der Waals surface area (Å²) in [6.07, 6.45) is 0. The second-order valence-electron chi connectivity index (χ2n) is 7.24. The first-order chi connectivity index (χ1) is 15.4. The zero-order valence-corrected chi connectivity index (χ0v) is 17.1. The van der Waals surface area contributed by atoms with Crippen LogP contribution in [0.3, 0.4) is 0 Å². The van der Waals surface area contributed by atoms with Crippen LogP contribution in [0.4, 0.5) is 10.5 Å². The van der Waals surface area contributed by atoms with Crippen LogP contribution in [0.1, 0.15) is 21.5 Å². The van der Waals surface area contributed by atoms with Crippen molar-refractivity contribution in [2.24, 2.45) is 0 Å². The molecule has 3 aromatic carbocycles. The SMILES string of the molecule is Cc1ccc(C(=O)NC(=O)NCc2ccc(-c3cc4ccccc4o3)cc2)cc1[N+](=O)[O-]. The van der Waals surface area contributed by atoms with Crippen LogP contribution >= 0.6 is 0 Å². The fraction of sp³-hybridized carbons (Fsp3) is 0.0833. The lowest BCUT2D eigenvalue weighted by Crippen LogP contribution is -2.39.